The number of fused-ring (bicyclic) bond motifs is 2. The molecule has 0 aliphatic carbocycles. The summed E-state index contributed by atoms with van der Waals surface area (Å²) in [6, 6.07) is 17.1. The number of hydrogen-bond donors (Lipinski definition) is 0. The molecule has 33 heavy (non-hydrogen) atoms. The van der Waals surface area contributed by atoms with Gasteiger partial charge >= 0.3 is 0 Å². The van der Waals surface area contributed by atoms with E-state index in [-0.39, 0.29) is 22.4 Å². The fourth-order valence-electron chi connectivity index (χ4n) is 4.21. The van der Waals surface area contributed by atoms with Gasteiger partial charge in [-0.1, -0.05) is 17.7 Å². The van der Waals surface area contributed by atoms with Crippen molar-refractivity contribution >= 4 is 28.3 Å². The number of rotatable bonds is 4. The lowest BCUT2D eigenvalue weighted by molar-refractivity contribution is -0.384. The Bertz CT molecular complexity index is 1490. The van der Waals surface area contributed by atoms with Gasteiger partial charge in [0, 0.05) is 23.9 Å². The van der Waals surface area contributed by atoms with Crippen molar-refractivity contribution in [3.63, 3.8) is 0 Å². The van der Waals surface area contributed by atoms with E-state index in [0.29, 0.717) is 28.0 Å². The molecular weight excluding hydrogens is 424 g/mol. The maximum atomic E-state index is 13.6. The maximum Gasteiger partial charge on any atom is 0.295 e. The summed E-state index contributed by atoms with van der Waals surface area (Å²) in [5, 5.41) is 11.5. The number of non-ortho nitro benzene ring substituents is 1. The fourth-order valence-corrected chi connectivity index (χ4v) is 4.21. The Morgan fingerprint density at radius 3 is 2.48 bits per heavy atom. The Morgan fingerprint density at radius 1 is 1.03 bits per heavy atom. The SMILES string of the molecule is COc1cccc(N2C(=O)c3oc4ccc(C)cc4c(=O)c3C2c2ccc([N+](=O)[O-])cc2)c1. The van der Waals surface area contributed by atoms with E-state index in [4.69, 9.17) is 9.15 Å². The van der Waals surface area contributed by atoms with Crippen molar-refractivity contribution in [3.8, 4) is 5.75 Å². The molecule has 0 saturated heterocycles. The lowest BCUT2D eigenvalue weighted by atomic mass is 9.97. The molecule has 1 atom stereocenters. The summed E-state index contributed by atoms with van der Waals surface area (Å²) in [5.74, 6) is 0.0301. The normalized spacial score (nSPS) is 15.0. The molecule has 3 aromatic carbocycles. The summed E-state index contributed by atoms with van der Waals surface area (Å²) in [5.41, 5.74) is 2.08. The lowest BCUT2D eigenvalue weighted by Crippen LogP contribution is -2.29. The minimum absolute atomic E-state index is 0.0393. The summed E-state index contributed by atoms with van der Waals surface area (Å²) in [6.07, 6.45) is 0. The molecule has 0 spiro atoms. The zero-order chi connectivity index (χ0) is 23.3. The Labute approximate surface area is 187 Å². The average Bonchev–Trinajstić information content (AvgIpc) is 3.12. The van der Waals surface area contributed by atoms with Gasteiger partial charge in [-0.15, -0.1) is 0 Å². The van der Waals surface area contributed by atoms with Gasteiger partial charge in [-0.05, 0) is 48.9 Å². The smallest absolute Gasteiger partial charge is 0.295 e. The highest BCUT2D eigenvalue weighted by molar-refractivity contribution is 6.10. The molecule has 1 unspecified atom stereocenters. The molecule has 5 rings (SSSR count). The van der Waals surface area contributed by atoms with Gasteiger partial charge in [0.2, 0.25) is 5.76 Å². The Kier molecular flexibility index (Phi) is 4.70. The van der Waals surface area contributed by atoms with E-state index in [2.05, 4.69) is 0 Å². The zero-order valence-corrected chi connectivity index (χ0v) is 17.8. The van der Waals surface area contributed by atoms with E-state index < -0.39 is 16.9 Å². The first-order valence-electron chi connectivity index (χ1n) is 10.2. The number of nitrogens with zero attached hydrogens (tertiary/aromatic N) is 2. The number of anilines is 1. The number of aryl methyl sites for hydroxylation is 1. The number of hydrogen-bond acceptors (Lipinski definition) is 6. The molecule has 1 aromatic heterocycles. The van der Waals surface area contributed by atoms with Crippen LogP contribution in [0.15, 0.2) is 75.9 Å². The summed E-state index contributed by atoms with van der Waals surface area (Å²) in [4.78, 5) is 39.3. The third-order valence-corrected chi connectivity index (χ3v) is 5.78. The van der Waals surface area contributed by atoms with Crippen molar-refractivity contribution in [1.29, 1.82) is 0 Å². The van der Waals surface area contributed by atoms with Gasteiger partial charge in [0.1, 0.15) is 11.3 Å². The quantitative estimate of drug-likeness (QED) is 0.333. The highest BCUT2D eigenvalue weighted by Crippen LogP contribution is 2.42. The number of nitro benzene ring substituents is 1. The largest absolute Gasteiger partial charge is 0.497 e. The highest BCUT2D eigenvalue weighted by Gasteiger charge is 2.43. The molecule has 0 bridgehead atoms. The van der Waals surface area contributed by atoms with Crippen molar-refractivity contribution in [3.05, 3.63) is 110 Å². The summed E-state index contributed by atoms with van der Waals surface area (Å²) < 4.78 is 11.3. The number of benzene rings is 3. The second-order valence-electron chi connectivity index (χ2n) is 7.80. The third kappa shape index (κ3) is 3.23. The van der Waals surface area contributed by atoms with E-state index in [1.807, 2.05) is 13.0 Å². The van der Waals surface area contributed by atoms with E-state index >= 15 is 0 Å². The van der Waals surface area contributed by atoms with E-state index in [1.54, 1.807) is 48.5 Å². The number of nitro groups is 1. The van der Waals surface area contributed by atoms with Crippen LogP contribution in [0.1, 0.15) is 33.3 Å². The topological polar surface area (TPSA) is 103 Å². The molecule has 0 N–H and O–H groups in total. The number of carbonyl (C=O) groups is 1. The number of methoxy groups -OCH3 is 1. The van der Waals surface area contributed by atoms with Crippen LogP contribution in [0, 0.1) is 17.0 Å². The molecular formula is C25H18N2O6. The fraction of sp³-hybridized carbons (Fsp3) is 0.120. The van der Waals surface area contributed by atoms with Gasteiger partial charge < -0.3 is 9.15 Å². The minimum Gasteiger partial charge on any atom is -0.497 e. The summed E-state index contributed by atoms with van der Waals surface area (Å²) >= 11 is 0. The van der Waals surface area contributed by atoms with Crippen LogP contribution in [0.4, 0.5) is 11.4 Å². The molecule has 0 fully saturated rings. The first kappa shape index (κ1) is 20.4. The van der Waals surface area contributed by atoms with E-state index in [0.717, 1.165) is 5.56 Å². The molecule has 1 aliphatic heterocycles. The number of amides is 1. The van der Waals surface area contributed by atoms with Crippen molar-refractivity contribution < 1.29 is 18.9 Å². The summed E-state index contributed by atoms with van der Waals surface area (Å²) in [6.45, 7) is 1.87. The molecule has 2 heterocycles. The number of carbonyl (C=O) groups excluding carboxylic acids is 1. The van der Waals surface area contributed by atoms with Crippen LogP contribution in [0.2, 0.25) is 0 Å². The van der Waals surface area contributed by atoms with Gasteiger partial charge in [-0.2, -0.15) is 0 Å². The summed E-state index contributed by atoms with van der Waals surface area (Å²) in [7, 11) is 1.52. The van der Waals surface area contributed by atoms with E-state index in [9.17, 15) is 19.7 Å². The Hall–Kier alpha value is -4.46. The molecule has 1 aliphatic rings. The second kappa shape index (κ2) is 7.59. The monoisotopic (exact) mass is 442 g/mol. The van der Waals surface area contributed by atoms with Gasteiger partial charge in [-0.3, -0.25) is 24.6 Å². The zero-order valence-electron chi connectivity index (χ0n) is 17.8. The van der Waals surface area contributed by atoms with Crippen molar-refractivity contribution in [2.75, 3.05) is 12.0 Å². The van der Waals surface area contributed by atoms with Crippen LogP contribution in [0.25, 0.3) is 11.0 Å². The second-order valence-corrected chi connectivity index (χ2v) is 7.80. The van der Waals surface area contributed by atoms with Crippen LogP contribution >= 0.6 is 0 Å². The van der Waals surface area contributed by atoms with Crippen molar-refractivity contribution in [2.24, 2.45) is 0 Å². The van der Waals surface area contributed by atoms with Crippen molar-refractivity contribution in [2.45, 2.75) is 13.0 Å². The molecule has 8 nitrogen and oxygen atoms in total. The third-order valence-electron chi connectivity index (χ3n) is 5.78. The van der Waals surface area contributed by atoms with Crippen molar-refractivity contribution in [1.82, 2.24) is 0 Å². The highest BCUT2D eigenvalue weighted by atomic mass is 16.6. The lowest BCUT2D eigenvalue weighted by Gasteiger charge is -2.25. The standard InChI is InChI=1S/C25H18N2O6/c1-14-6-11-20-19(12-14)23(28)21-22(15-7-9-16(10-8-15)27(30)31)26(25(29)24(21)33-20)17-4-3-5-18(13-17)32-2/h3-13,22H,1-2H3. The predicted octanol–water partition coefficient (Wildman–Crippen LogP) is 4.77. The van der Waals surface area contributed by atoms with Crippen LogP contribution < -0.4 is 15.1 Å². The van der Waals surface area contributed by atoms with Crippen LogP contribution in [0.5, 0.6) is 5.75 Å². The molecule has 164 valence electrons. The first-order chi connectivity index (χ1) is 15.9. The molecule has 0 radical (unpaired) electrons. The first-order valence-corrected chi connectivity index (χ1v) is 10.2. The molecule has 1 amide bonds. The average molecular weight is 442 g/mol. The van der Waals surface area contributed by atoms with Gasteiger partial charge in [0.05, 0.1) is 29.0 Å². The van der Waals surface area contributed by atoms with Gasteiger partial charge in [0.15, 0.2) is 5.43 Å². The number of ether oxygens (including phenoxy) is 1. The van der Waals surface area contributed by atoms with Crippen LogP contribution in [-0.2, 0) is 0 Å². The maximum absolute atomic E-state index is 13.6. The molecule has 4 aromatic rings. The predicted molar refractivity (Wildman–Crippen MR) is 122 cm³/mol. The Morgan fingerprint density at radius 2 is 1.79 bits per heavy atom. The Balaban J connectivity index is 1.79. The minimum atomic E-state index is -0.818. The van der Waals surface area contributed by atoms with Gasteiger partial charge in [0.25, 0.3) is 11.6 Å². The van der Waals surface area contributed by atoms with Gasteiger partial charge in [-0.25, -0.2) is 0 Å². The molecule has 8 heteroatoms. The van der Waals surface area contributed by atoms with Crippen LogP contribution in [0.3, 0.4) is 0 Å². The van der Waals surface area contributed by atoms with Crippen LogP contribution in [-0.4, -0.2) is 17.9 Å². The molecule has 0 saturated carbocycles. The van der Waals surface area contributed by atoms with E-state index in [1.165, 1.54) is 24.1 Å².